The second kappa shape index (κ2) is 6.82. The lowest BCUT2D eigenvalue weighted by molar-refractivity contribution is -0.203. The molecule has 1 fully saturated rings. The van der Waals surface area contributed by atoms with E-state index in [1.165, 1.54) is 0 Å². The monoisotopic (exact) mass is 378 g/mol. The quantitative estimate of drug-likeness (QED) is 0.797. The van der Waals surface area contributed by atoms with Crippen LogP contribution in [0.4, 0.5) is 13.2 Å². The molecule has 6 heteroatoms. The summed E-state index contributed by atoms with van der Waals surface area (Å²) in [6.07, 6.45) is -3.81. The Morgan fingerprint density at radius 3 is 2.41 bits per heavy atom. The van der Waals surface area contributed by atoms with Gasteiger partial charge in [-0.3, -0.25) is 10.2 Å². The number of rotatable bonds is 4. The van der Waals surface area contributed by atoms with E-state index in [1.807, 2.05) is 32.0 Å². The highest BCUT2D eigenvalue weighted by atomic mass is 19.4. The number of nitrogens with zero attached hydrogens (tertiary/aromatic N) is 1. The number of hydrogen-bond donors (Lipinski definition) is 1. The van der Waals surface area contributed by atoms with Crippen molar-refractivity contribution in [1.29, 1.82) is 0 Å². The number of hydrazine groups is 1. The molecule has 2 aromatic rings. The number of hydrogen-bond acceptors (Lipinski definition) is 2. The molecule has 1 aliphatic heterocycles. The van der Waals surface area contributed by atoms with Gasteiger partial charge in [0.1, 0.15) is 0 Å². The summed E-state index contributed by atoms with van der Waals surface area (Å²) in [6, 6.07) is 8.83. The summed E-state index contributed by atoms with van der Waals surface area (Å²) in [5.74, 6) is -0.0665. The van der Waals surface area contributed by atoms with Gasteiger partial charge in [0.05, 0.1) is 0 Å². The van der Waals surface area contributed by atoms with E-state index in [9.17, 15) is 18.0 Å². The first kappa shape index (κ1) is 19.7. The molecule has 0 bridgehead atoms. The lowest BCUT2D eigenvalue weighted by Gasteiger charge is -2.38. The molecule has 0 saturated carbocycles. The van der Waals surface area contributed by atoms with Crippen LogP contribution in [0.3, 0.4) is 0 Å². The number of amides is 1. The maximum absolute atomic E-state index is 14.3. The van der Waals surface area contributed by atoms with Crippen LogP contribution in [0.15, 0.2) is 36.4 Å². The number of carbonyl (C=O) groups excluding carboxylic acids is 1. The second-order valence-electron chi connectivity index (χ2n) is 8.34. The first-order valence-corrected chi connectivity index (χ1v) is 9.16. The summed E-state index contributed by atoms with van der Waals surface area (Å²) < 4.78 is 42.8. The van der Waals surface area contributed by atoms with Crippen LogP contribution in [0.1, 0.15) is 51.3 Å². The lowest BCUT2D eigenvalue weighted by Crippen LogP contribution is -2.51. The van der Waals surface area contributed by atoms with Crippen molar-refractivity contribution >= 4 is 16.7 Å². The van der Waals surface area contributed by atoms with Crippen molar-refractivity contribution in [2.75, 3.05) is 0 Å². The fourth-order valence-corrected chi connectivity index (χ4v) is 3.90. The van der Waals surface area contributed by atoms with E-state index in [0.717, 1.165) is 16.0 Å². The highest BCUT2D eigenvalue weighted by Crippen LogP contribution is 2.45. The normalized spacial score (nSPS) is 18.9. The number of nitrogens with one attached hydrogen (secondary N) is 1. The maximum Gasteiger partial charge on any atom is 0.409 e. The predicted octanol–water partition coefficient (Wildman–Crippen LogP) is 5.16. The number of alkyl halides is 3. The third kappa shape index (κ3) is 3.95. The standard InChI is InChI=1S/C21H25F3N2O/c1-13(2)9-14-10-15-7-5-6-8-16(15)17(11-14)19(21(22,23)24)26-20(3,4)12-18(27)25-26/h5-8,10-11,13,19H,9,12H2,1-4H3,(H,25,27)/t19-/m0/s1. The van der Waals surface area contributed by atoms with Gasteiger partial charge in [-0.2, -0.15) is 18.2 Å². The van der Waals surface area contributed by atoms with Crippen LogP contribution in [-0.4, -0.2) is 22.6 Å². The molecular formula is C21H25F3N2O. The van der Waals surface area contributed by atoms with Gasteiger partial charge in [0.2, 0.25) is 5.91 Å². The minimum absolute atomic E-state index is 0.0309. The van der Waals surface area contributed by atoms with Crippen LogP contribution in [0.5, 0.6) is 0 Å². The van der Waals surface area contributed by atoms with Crippen molar-refractivity contribution in [2.24, 2.45) is 5.92 Å². The summed E-state index contributed by atoms with van der Waals surface area (Å²) >= 11 is 0. The lowest BCUT2D eigenvalue weighted by atomic mass is 9.90. The van der Waals surface area contributed by atoms with Crippen molar-refractivity contribution < 1.29 is 18.0 Å². The summed E-state index contributed by atoms with van der Waals surface area (Å²) in [6.45, 7) is 7.40. The summed E-state index contributed by atoms with van der Waals surface area (Å²) in [7, 11) is 0. The van der Waals surface area contributed by atoms with E-state index in [2.05, 4.69) is 5.43 Å². The van der Waals surface area contributed by atoms with Crippen LogP contribution in [0.2, 0.25) is 0 Å². The average molecular weight is 378 g/mol. The molecule has 1 atom stereocenters. The Morgan fingerprint density at radius 2 is 1.85 bits per heavy atom. The Labute approximate surface area is 157 Å². The Balaban J connectivity index is 2.23. The third-order valence-electron chi connectivity index (χ3n) is 4.95. The minimum Gasteiger partial charge on any atom is -0.287 e. The molecule has 3 rings (SSSR count). The zero-order valence-corrected chi connectivity index (χ0v) is 16.0. The second-order valence-corrected chi connectivity index (χ2v) is 8.34. The molecule has 146 valence electrons. The van der Waals surface area contributed by atoms with Gasteiger partial charge < -0.3 is 0 Å². The van der Waals surface area contributed by atoms with E-state index >= 15 is 0 Å². The number of carbonyl (C=O) groups is 1. The number of fused-ring (bicyclic) bond motifs is 1. The zero-order chi connectivity index (χ0) is 20.0. The molecular weight excluding hydrogens is 353 g/mol. The van der Waals surface area contributed by atoms with Crippen molar-refractivity contribution in [2.45, 2.75) is 58.3 Å². The SMILES string of the molecule is CC(C)Cc1cc([C@H](N2NC(=O)CC2(C)C)C(F)(F)F)c2ccccc2c1. The topological polar surface area (TPSA) is 32.3 Å². The van der Waals surface area contributed by atoms with Crippen LogP contribution in [0, 0.1) is 5.92 Å². The molecule has 0 aliphatic carbocycles. The molecule has 0 unspecified atom stereocenters. The Kier molecular flexibility index (Phi) is 4.97. The molecule has 0 aromatic heterocycles. The highest BCUT2D eigenvalue weighted by Gasteiger charge is 2.53. The highest BCUT2D eigenvalue weighted by molar-refractivity contribution is 5.87. The number of halogens is 3. The fraction of sp³-hybridized carbons (Fsp3) is 0.476. The minimum atomic E-state index is -4.53. The van der Waals surface area contributed by atoms with E-state index in [0.29, 0.717) is 17.7 Å². The van der Waals surface area contributed by atoms with Crippen molar-refractivity contribution in [3.63, 3.8) is 0 Å². The Hall–Kier alpha value is -2.08. The van der Waals surface area contributed by atoms with Gasteiger partial charge in [-0.25, -0.2) is 0 Å². The van der Waals surface area contributed by atoms with Gasteiger partial charge in [0.25, 0.3) is 0 Å². The fourth-order valence-electron chi connectivity index (χ4n) is 3.90. The van der Waals surface area contributed by atoms with E-state index in [4.69, 9.17) is 0 Å². The largest absolute Gasteiger partial charge is 0.409 e. The zero-order valence-electron chi connectivity index (χ0n) is 16.0. The van der Waals surface area contributed by atoms with Crippen LogP contribution in [0.25, 0.3) is 10.8 Å². The molecule has 1 heterocycles. The Bertz CT molecular complexity index is 858. The first-order valence-electron chi connectivity index (χ1n) is 9.16. The molecule has 3 nitrogen and oxygen atoms in total. The van der Waals surface area contributed by atoms with Gasteiger partial charge >= 0.3 is 6.18 Å². The van der Waals surface area contributed by atoms with Gasteiger partial charge in [0, 0.05) is 12.0 Å². The molecule has 27 heavy (non-hydrogen) atoms. The average Bonchev–Trinajstić information content (AvgIpc) is 2.78. The van der Waals surface area contributed by atoms with Gasteiger partial charge in [0.15, 0.2) is 6.04 Å². The van der Waals surface area contributed by atoms with E-state index in [1.54, 1.807) is 32.0 Å². The van der Waals surface area contributed by atoms with Crippen molar-refractivity contribution in [3.8, 4) is 0 Å². The molecule has 1 aliphatic rings. The predicted molar refractivity (Wildman–Crippen MR) is 100.0 cm³/mol. The van der Waals surface area contributed by atoms with Gasteiger partial charge in [-0.1, -0.05) is 50.2 Å². The van der Waals surface area contributed by atoms with Gasteiger partial charge in [-0.05, 0) is 48.1 Å². The van der Waals surface area contributed by atoms with Crippen LogP contribution >= 0.6 is 0 Å². The molecule has 1 saturated heterocycles. The summed E-state index contributed by atoms with van der Waals surface area (Å²) in [4.78, 5) is 11.9. The van der Waals surface area contributed by atoms with E-state index < -0.39 is 23.7 Å². The molecule has 2 aromatic carbocycles. The summed E-state index contributed by atoms with van der Waals surface area (Å²) in [5.41, 5.74) is 2.57. The molecule has 0 radical (unpaired) electrons. The number of benzene rings is 2. The van der Waals surface area contributed by atoms with Crippen LogP contribution in [-0.2, 0) is 11.2 Å². The third-order valence-corrected chi connectivity index (χ3v) is 4.95. The molecule has 0 spiro atoms. The van der Waals surface area contributed by atoms with Gasteiger partial charge in [-0.15, -0.1) is 0 Å². The maximum atomic E-state index is 14.3. The van der Waals surface area contributed by atoms with E-state index in [-0.39, 0.29) is 12.0 Å². The molecule has 1 N–H and O–H groups in total. The molecule has 1 amide bonds. The van der Waals surface area contributed by atoms with Crippen LogP contribution < -0.4 is 5.43 Å². The van der Waals surface area contributed by atoms with Crippen molar-refractivity contribution in [1.82, 2.24) is 10.4 Å². The smallest absolute Gasteiger partial charge is 0.287 e. The first-order chi connectivity index (χ1) is 12.5. The van der Waals surface area contributed by atoms with Crippen molar-refractivity contribution in [3.05, 3.63) is 47.5 Å². The Morgan fingerprint density at radius 1 is 1.19 bits per heavy atom. The summed E-state index contributed by atoms with van der Waals surface area (Å²) in [5, 5.41) is 2.42.